The number of amides is 3. The van der Waals surface area contributed by atoms with Crippen molar-refractivity contribution in [1.82, 2.24) is 10.2 Å². The van der Waals surface area contributed by atoms with Crippen molar-refractivity contribution in [2.45, 2.75) is 78.5 Å². The molecule has 8 heteroatoms. The minimum absolute atomic E-state index is 0.0498. The van der Waals surface area contributed by atoms with Crippen molar-refractivity contribution < 1.29 is 19.1 Å². The first-order valence-electron chi connectivity index (χ1n) is 14.2. The van der Waals surface area contributed by atoms with Crippen LogP contribution in [-0.2, 0) is 14.3 Å². The lowest BCUT2D eigenvalue weighted by molar-refractivity contribution is -0.140. The Morgan fingerprint density at radius 3 is 2.29 bits per heavy atom. The average molecular weight is 578 g/mol. The van der Waals surface area contributed by atoms with E-state index in [0.717, 1.165) is 40.3 Å². The molecule has 0 fully saturated rings. The number of benzene rings is 3. The molecule has 0 aromatic heterocycles. The summed E-state index contributed by atoms with van der Waals surface area (Å²) in [5, 5.41) is 7.81. The van der Waals surface area contributed by atoms with Crippen molar-refractivity contribution in [3.63, 3.8) is 0 Å². The van der Waals surface area contributed by atoms with Crippen LogP contribution in [0.3, 0.4) is 0 Å². The summed E-state index contributed by atoms with van der Waals surface area (Å²) in [6, 6.07) is 17.7. The lowest BCUT2D eigenvalue weighted by Crippen LogP contribution is -2.53. The number of anilines is 1. The van der Waals surface area contributed by atoms with Gasteiger partial charge in [-0.15, -0.1) is 0 Å². The van der Waals surface area contributed by atoms with E-state index in [1.807, 2.05) is 74.5 Å². The van der Waals surface area contributed by atoms with Gasteiger partial charge >= 0.3 is 6.09 Å². The van der Waals surface area contributed by atoms with Crippen molar-refractivity contribution in [3.05, 3.63) is 77.4 Å². The van der Waals surface area contributed by atoms with E-state index in [0.29, 0.717) is 18.7 Å². The van der Waals surface area contributed by atoms with Crippen LogP contribution in [-0.4, -0.2) is 46.7 Å². The van der Waals surface area contributed by atoms with Gasteiger partial charge in [-0.3, -0.25) is 9.59 Å². The lowest BCUT2D eigenvalue weighted by atomic mass is 9.96. The number of fused-ring (bicyclic) bond motifs is 1. The van der Waals surface area contributed by atoms with Gasteiger partial charge in [-0.05, 0) is 75.1 Å². The Morgan fingerprint density at radius 2 is 1.66 bits per heavy atom. The number of nitrogens with one attached hydrogen (secondary N) is 2. The Labute approximate surface area is 249 Å². The number of ether oxygens (including phenoxy) is 1. The molecule has 0 radical (unpaired) electrons. The third-order valence-electron chi connectivity index (χ3n) is 6.75. The number of unbranched alkanes of at least 4 members (excludes halogenated alkanes) is 2. The van der Waals surface area contributed by atoms with Gasteiger partial charge in [-0.1, -0.05) is 73.9 Å². The number of hydrogen-bond acceptors (Lipinski definition) is 5. The highest BCUT2D eigenvalue weighted by Crippen LogP contribution is 2.29. The van der Waals surface area contributed by atoms with E-state index in [2.05, 4.69) is 30.2 Å². The molecule has 0 aliphatic rings. The van der Waals surface area contributed by atoms with E-state index in [1.54, 1.807) is 25.7 Å². The van der Waals surface area contributed by atoms with Crippen molar-refractivity contribution in [3.8, 4) is 0 Å². The molecular weight excluding hydrogens is 534 g/mol. The lowest BCUT2D eigenvalue weighted by Gasteiger charge is -2.35. The molecule has 7 nitrogen and oxygen atoms in total. The zero-order valence-electron chi connectivity index (χ0n) is 25.0. The third kappa shape index (κ3) is 8.98. The van der Waals surface area contributed by atoms with Gasteiger partial charge in [0.2, 0.25) is 5.91 Å². The number of thiol groups is 1. The number of carbonyl (C=O) groups is 3. The molecule has 2 atom stereocenters. The normalized spacial score (nSPS) is 12.9. The van der Waals surface area contributed by atoms with Crippen LogP contribution >= 0.6 is 12.6 Å². The predicted octanol–water partition coefficient (Wildman–Crippen LogP) is 6.98. The molecule has 3 aromatic rings. The smallest absolute Gasteiger partial charge is 0.408 e. The minimum atomic E-state index is -0.975. The topological polar surface area (TPSA) is 87.7 Å². The maximum Gasteiger partial charge on any atom is 0.408 e. The number of aryl methyl sites for hydroxylation is 2. The Morgan fingerprint density at radius 1 is 0.951 bits per heavy atom. The Balaban J connectivity index is 2.02. The summed E-state index contributed by atoms with van der Waals surface area (Å²) in [6.45, 7) is 11.6. The first-order chi connectivity index (χ1) is 19.4. The number of nitrogens with zero attached hydrogens (tertiary/aromatic N) is 1. The highest BCUT2D eigenvalue weighted by molar-refractivity contribution is 7.80. The molecule has 3 aromatic carbocycles. The third-order valence-corrected chi connectivity index (χ3v) is 7.12. The van der Waals surface area contributed by atoms with Crippen LogP contribution in [0.15, 0.2) is 60.7 Å². The maximum atomic E-state index is 14.1. The highest BCUT2D eigenvalue weighted by atomic mass is 32.1. The van der Waals surface area contributed by atoms with Crippen LogP contribution in [0, 0.1) is 13.8 Å². The Kier molecular flexibility index (Phi) is 11.2. The van der Waals surface area contributed by atoms with Crippen LogP contribution in [0.2, 0.25) is 0 Å². The largest absolute Gasteiger partial charge is 0.444 e. The average Bonchev–Trinajstić information content (AvgIpc) is 2.90. The summed E-state index contributed by atoms with van der Waals surface area (Å²) in [7, 11) is 0. The molecule has 2 N–H and O–H groups in total. The predicted molar refractivity (Wildman–Crippen MR) is 169 cm³/mol. The van der Waals surface area contributed by atoms with E-state index >= 15 is 0 Å². The van der Waals surface area contributed by atoms with Gasteiger partial charge in [0.1, 0.15) is 17.7 Å². The molecule has 0 spiro atoms. The highest BCUT2D eigenvalue weighted by Gasteiger charge is 2.36. The Bertz CT molecular complexity index is 1370. The van der Waals surface area contributed by atoms with Crippen molar-refractivity contribution in [1.29, 1.82) is 0 Å². The van der Waals surface area contributed by atoms with Gasteiger partial charge < -0.3 is 20.3 Å². The molecule has 2 unspecified atom stereocenters. The second-order valence-electron chi connectivity index (χ2n) is 11.4. The molecule has 0 aliphatic carbocycles. The van der Waals surface area contributed by atoms with Gasteiger partial charge in [-0.25, -0.2) is 4.79 Å². The summed E-state index contributed by atoms with van der Waals surface area (Å²) in [5.41, 5.74) is 2.61. The number of rotatable bonds is 11. The molecule has 0 bridgehead atoms. The van der Waals surface area contributed by atoms with E-state index in [9.17, 15) is 14.4 Å². The number of carbonyl (C=O) groups excluding carboxylic acids is 3. The molecule has 0 saturated heterocycles. The summed E-state index contributed by atoms with van der Waals surface area (Å²) in [6.07, 6.45) is 1.84. The summed E-state index contributed by atoms with van der Waals surface area (Å²) in [5.74, 6) is -0.665. The zero-order valence-corrected chi connectivity index (χ0v) is 25.9. The molecule has 220 valence electrons. The van der Waals surface area contributed by atoms with Gasteiger partial charge in [0.25, 0.3) is 5.91 Å². The van der Waals surface area contributed by atoms with E-state index < -0.39 is 23.8 Å². The van der Waals surface area contributed by atoms with Gasteiger partial charge in [-0.2, -0.15) is 12.6 Å². The van der Waals surface area contributed by atoms with Crippen LogP contribution < -0.4 is 10.6 Å². The molecule has 3 rings (SSSR count). The van der Waals surface area contributed by atoms with Crippen LogP contribution in [0.25, 0.3) is 10.8 Å². The first-order valence-corrected chi connectivity index (χ1v) is 14.8. The summed E-state index contributed by atoms with van der Waals surface area (Å²) >= 11 is 4.38. The zero-order chi connectivity index (χ0) is 30.2. The summed E-state index contributed by atoms with van der Waals surface area (Å²) < 4.78 is 5.40. The molecule has 41 heavy (non-hydrogen) atoms. The Hall–Kier alpha value is -3.52. The molecular formula is C33H43N3O4S. The quantitative estimate of drug-likeness (QED) is 0.170. The minimum Gasteiger partial charge on any atom is -0.444 e. The molecule has 0 aliphatic heterocycles. The SMILES string of the molecule is CCCCCN(C(=O)C(CS)NC(=O)OC(C)(C)C)C(C(=O)Nc1ccc2ccccc2c1)c1ccc(C)cc1C. The van der Waals surface area contributed by atoms with Crippen molar-refractivity contribution in [2.75, 3.05) is 17.6 Å². The molecule has 0 saturated carbocycles. The van der Waals surface area contributed by atoms with Gasteiger partial charge in [0, 0.05) is 18.0 Å². The van der Waals surface area contributed by atoms with Gasteiger partial charge in [0.05, 0.1) is 0 Å². The van der Waals surface area contributed by atoms with E-state index in [-0.39, 0.29) is 17.6 Å². The second-order valence-corrected chi connectivity index (χ2v) is 11.8. The first kappa shape index (κ1) is 32.0. The fourth-order valence-corrected chi connectivity index (χ4v) is 5.04. The maximum absolute atomic E-state index is 14.1. The molecule has 0 heterocycles. The van der Waals surface area contributed by atoms with Crippen LogP contribution in [0.5, 0.6) is 0 Å². The summed E-state index contributed by atoms with van der Waals surface area (Å²) in [4.78, 5) is 42.5. The van der Waals surface area contributed by atoms with E-state index in [4.69, 9.17) is 4.74 Å². The molecule has 3 amide bonds. The number of alkyl carbamates (subject to hydrolysis) is 1. The van der Waals surface area contributed by atoms with E-state index in [1.165, 1.54) is 0 Å². The van der Waals surface area contributed by atoms with Gasteiger partial charge in [0.15, 0.2) is 0 Å². The fourth-order valence-electron chi connectivity index (χ4n) is 4.79. The van der Waals surface area contributed by atoms with Crippen LogP contribution in [0.4, 0.5) is 10.5 Å². The van der Waals surface area contributed by atoms with Crippen molar-refractivity contribution in [2.24, 2.45) is 0 Å². The van der Waals surface area contributed by atoms with Crippen molar-refractivity contribution >= 4 is 47.0 Å². The number of hydrogen-bond donors (Lipinski definition) is 3. The monoisotopic (exact) mass is 577 g/mol. The van der Waals surface area contributed by atoms with Crippen LogP contribution in [0.1, 0.15) is 69.7 Å². The standard InChI is InChI=1S/C33H43N3O4S/c1-7-8-11-18-36(31(38)28(21-41)35-32(39)40-33(4,5)6)29(27-17-14-22(2)19-23(27)3)30(37)34-26-16-15-24-12-9-10-13-25(24)20-26/h9-10,12-17,19-20,28-29,41H,7-8,11,18,21H2,1-6H3,(H,34,37)(H,35,39). The fraction of sp³-hybridized carbons (Fsp3) is 0.424. The second kappa shape index (κ2) is 14.4.